The van der Waals surface area contributed by atoms with Crippen LogP contribution in [0.2, 0.25) is 0 Å². The Bertz CT molecular complexity index is 543. The van der Waals surface area contributed by atoms with Crippen LogP contribution in [0.4, 0.5) is 0 Å². The van der Waals surface area contributed by atoms with Gasteiger partial charge in [0, 0.05) is 9.75 Å². The number of hydrogen-bond acceptors (Lipinski definition) is 2. The zero-order chi connectivity index (χ0) is 12.7. The molecule has 0 spiro atoms. The zero-order valence-electron chi connectivity index (χ0n) is 10.8. The highest BCUT2D eigenvalue weighted by Crippen LogP contribution is 2.55. The molecule has 0 aliphatic heterocycles. The molecule has 2 heteroatoms. The molecule has 3 unspecified atom stereocenters. The third-order valence-electron chi connectivity index (χ3n) is 3.82. The van der Waals surface area contributed by atoms with Crippen LogP contribution in [0, 0.1) is 19.8 Å². The Balaban J connectivity index is 1.77. The molecule has 3 atom stereocenters. The molecule has 0 saturated heterocycles. The van der Waals surface area contributed by atoms with Crippen LogP contribution in [0.1, 0.15) is 39.3 Å². The van der Waals surface area contributed by atoms with Crippen LogP contribution in [0.15, 0.2) is 36.4 Å². The predicted molar refractivity (Wildman–Crippen MR) is 76.0 cm³/mol. The number of aliphatic hydroxyl groups excluding tert-OH is 1. The molecule has 3 rings (SSSR count). The maximum Gasteiger partial charge on any atom is 0.0918 e. The summed E-state index contributed by atoms with van der Waals surface area (Å²) in [5, 5.41) is 10.5. The van der Waals surface area contributed by atoms with Gasteiger partial charge < -0.3 is 5.11 Å². The molecule has 1 N–H and O–H groups in total. The summed E-state index contributed by atoms with van der Waals surface area (Å²) in [7, 11) is 0. The van der Waals surface area contributed by atoms with Crippen molar-refractivity contribution in [2.24, 2.45) is 5.92 Å². The average Bonchev–Trinajstić information content (AvgIpc) is 3.10. The van der Waals surface area contributed by atoms with Crippen LogP contribution >= 0.6 is 11.3 Å². The Morgan fingerprint density at radius 1 is 1.22 bits per heavy atom. The Morgan fingerprint density at radius 2 is 1.94 bits per heavy atom. The third kappa shape index (κ3) is 2.11. The molecule has 2 aromatic rings. The molecule has 0 radical (unpaired) electrons. The topological polar surface area (TPSA) is 20.2 Å². The first-order valence-electron chi connectivity index (χ1n) is 6.46. The third-order valence-corrected chi connectivity index (χ3v) is 5.04. The van der Waals surface area contributed by atoms with Crippen molar-refractivity contribution < 1.29 is 5.11 Å². The molecule has 94 valence electrons. The number of rotatable bonds is 3. The molecule has 1 aliphatic carbocycles. The van der Waals surface area contributed by atoms with E-state index in [2.05, 4.69) is 44.2 Å². The molecular formula is C16H18OS. The van der Waals surface area contributed by atoms with Gasteiger partial charge in [-0.2, -0.15) is 0 Å². The van der Waals surface area contributed by atoms with Gasteiger partial charge in [-0.15, -0.1) is 11.3 Å². The first-order chi connectivity index (χ1) is 8.66. The van der Waals surface area contributed by atoms with Gasteiger partial charge in [0.1, 0.15) is 0 Å². The second-order valence-electron chi connectivity index (χ2n) is 5.27. The van der Waals surface area contributed by atoms with Crippen molar-refractivity contribution in [3.05, 3.63) is 57.3 Å². The van der Waals surface area contributed by atoms with Gasteiger partial charge >= 0.3 is 0 Å². The molecule has 1 aliphatic rings. The SMILES string of the molecule is Cc1cc(C)c(C(O)C2CC2c2ccccc2)s1. The number of hydrogen-bond donors (Lipinski definition) is 1. The van der Waals surface area contributed by atoms with Gasteiger partial charge in [-0.3, -0.25) is 0 Å². The molecule has 0 bridgehead atoms. The minimum absolute atomic E-state index is 0.283. The summed E-state index contributed by atoms with van der Waals surface area (Å²) in [5.41, 5.74) is 2.61. The predicted octanol–water partition coefficient (Wildman–Crippen LogP) is 4.20. The smallest absolute Gasteiger partial charge is 0.0918 e. The van der Waals surface area contributed by atoms with E-state index in [0.29, 0.717) is 11.8 Å². The normalized spacial score (nSPS) is 23.9. The molecule has 1 heterocycles. The van der Waals surface area contributed by atoms with Gasteiger partial charge in [0.15, 0.2) is 0 Å². The van der Waals surface area contributed by atoms with Gasteiger partial charge in [0.25, 0.3) is 0 Å². The van der Waals surface area contributed by atoms with E-state index in [1.165, 1.54) is 16.0 Å². The van der Waals surface area contributed by atoms with Crippen molar-refractivity contribution in [1.82, 2.24) is 0 Å². The van der Waals surface area contributed by atoms with Crippen molar-refractivity contribution >= 4 is 11.3 Å². The molecule has 1 nitrogen and oxygen atoms in total. The Kier molecular flexibility index (Phi) is 3.00. The summed E-state index contributed by atoms with van der Waals surface area (Å²) in [5.74, 6) is 0.951. The lowest BCUT2D eigenvalue weighted by molar-refractivity contribution is 0.154. The van der Waals surface area contributed by atoms with Crippen LogP contribution < -0.4 is 0 Å². The van der Waals surface area contributed by atoms with Gasteiger partial charge in [-0.1, -0.05) is 30.3 Å². The molecule has 1 fully saturated rings. The molecule has 1 saturated carbocycles. The molecule has 0 amide bonds. The summed E-state index contributed by atoms with van der Waals surface area (Å²) in [6.45, 7) is 4.21. The van der Waals surface area contributed by atoms with Crippen molar-refractivity contribution in [3.8, 4) is 0 Å². The van der Waals surface area contributed by atoms with Crippen LogP contribution in [-0.2, 0) is 0 Å². The number of benzene rings is 1. The number of thiophene rings is 1. The van der Waals surface area contributed by atoms with E-state index in [-0.39, 0.29) is 6.10 Å². The minimum atomic E-state index is -0.283. The van der Waals surface area contributed by atoms with Crippen molar-refractivity contribution in [1.29, 1.82) is 0 Å². The van der Waals surface area contributed by atoms with Gasteiger partial charge in [0.2, 0.25) is 0 Å². The van der Waals surface area contributed by atoms with E-state index >= 15 is 0 Å². The maximum absolute atomic E-state index is 10.5. The Morgan fingerprint density at radius 3 is 2.56 bits per heavy atom. The number of aryl methyl sites for hydroxylation is 2. The zero-order valence-corrected chi connectivity index (χ0v) is 11.6. The highest BCUT2D eigenvalue weighted by molar-refractivity contribution is 7.12. The summed E-state index contributed by atoms with van der Waals surface area (Å²) in [6.07, 6.45) is 0.829. The lowest BCUT2D eigenvalue weighted by Crippen LogP contribution is -2.00. The lowest BCUT2D eigenvalue weighted by atomic mass is 10.0. The average molecular weight is 258 g/mol. The van der Waals surface area contributed by atoms with E-state index in [1.54, 1.807) is 11.3 Å². The molecule has 1 aromatic carbocycles. The van der Waals surface area contributed by atoms with Gasteiger partial charge in [-0.25, -0.2) is 0 Å². The van der Waals surface area contributed by atoms with Crippen molar-refractivity contribution in [2.45, 2.75) is 32.3 Å². The molecular weight excluding hydrogens is 240 g/mol. The molecule has 18 heavy (non-hydrogen) atoms. The summed E-state index contributed by atoms with van der Waals surface area (Å²) >= 11 is 1.74. The fourth-order valence-electron chi connectivity index (χ4n) is 2.79. The lowest BCUT2D eigenvalue weighted by Gasteiger charge is -2.09. The van der Waals surface area contributed by atoms with Crippen LogP contribution in [0.5, 0.6) is 0 Å². The standard InChI is InChI=1S/C16H18OS/c1-10-8-11(2)18-16(10)15(17)14-9-13(14)12-6-4-3-5-7-12/h3-8,13-15,17H,9H2,1-2H3. The quantitative estimate of drug-likeness (QED) is 0.874. The first-order valence-corrected chi connectivity index (χ1v) is 7.28. The van der Waals surface area contributed by atoms with Crippen LogP contribution in [0.25, 0.3) is 0 Å². The van der Waals surface area contributed by atoms with Crippen molar-refractivity contribution in [3.63, 3.8) is 0 Å². The number of aliphatic hydroxyl groups is 1. The first kappa shape index (κ1) is 11.9. The fourth-order valence-corrected chi connectivity index (χ4v) is 3.89. The summed E-state index contributed by atoms with van der Waals surface area (Å²) < 4.78 is 0. The van der Waals surface area contributed by atoms with Crippen LogP contribution in [-0.4, -0.2) is 5.11 Å². The van der Waals surface area contributed by atoms with E-state index in [9.17, 15) is 5.11 Å². The minimum Gasteiger partial charge on any atom is -0.387 e. The van der Waals surface area contributed by atoms with Crippen molar-refractivity contribution in [2.75, 3.05) is 0 Å². The van der Waals surface area contributed by atoms with E-state index in [1.807, 2.05) is 6.07 Å². The van der Waals surface area contributed by atoms with E-state index < -0.39 is 0 Å². The monoisotopic (exact) mass is 258 g/mol. The van der Waals surface area contributed by atoms with Gasteiger partial charge in [-0.05, 0) is 49.3 Å². The van der Waals surface area contributed by atoms with E-state index in [0.717, 1.165) is 11.3 Å². The molecule has 1 aromatic heterocycles. The highest BCUT2D eigenvalue weighted by atomic mass is 32.1. The second-order valence-corrected chi connectivity index (χ2v) is 6.55. The fraction of sp³-hybridized carbons (Fsp3) is 0.375. The van der Waals surface area contributed by atoms with Crippen LogP contribution in [0.3, 0.4) is 0 Å². The second kappa shape index (κ2) is 4.52. The summed E-state index contributed by atoms with van der Waals surface area (Å²) in [4.78, 5) is 2.45. The Hall–Kier alpha value is -1.12. The Labute approximate surface area is 112 Å². The summed E-state index contributed by atoms with van der Waals surface area (Å²) in [6, 6.07) is 12.7. The maximum atomic E-state index is 10.5. The van der Waals surface area contributed by atoms with Gasteiger partial charge in [0.05, 0.1) is 6.10 Å². The largest absolute Gasteiger partial charge is 0.387 e. The highest BCUT2D eigenvalue weighted by Gasteiger charge is 2.44. The van der Waals surface area contributed by atoms with E-state index in [4.69, 9.17) is 0 Å².